The van der Waals surface area contributed by atoms with Crippen molar-refractivity contribution in [2.45, 2.75) is 32.9 Å². The first kappa shape index (κ1) is 15.0. The van der Waals surface area contributed by atoms with Crippen LogP contribution in [0.25, 0.3) is 0 Å². The summed E-state index contributed by atoms with van der Waals surface area (Å²) in [5.41, 5.74) is 0.937. The number of hydrogen-bond acceptors (Lipinski definition) is 5. The average Bonchev–Trinajstić information content (AvgIpc) is 3.00. The van der Waals surface area contributed by atoms with Crippen molar-refractivity contribution >= 4 is 5.91 Å². The first-order valence-electron chi connectivity index (χ1n) is 8.20. The van der Waals surface area contributed by atoms with Gasteiger partial charge in [-0.3, -0.25) is 4.79 Å². The number of carbonyl (C=O) groups is 1. The van der Waals surface area contributed by atoms with E-state index in [1.54, 1.807) is 0 Å². The van der Waals surface area contributed by atoms with E-state index in [2.05, 4.69) is 14.8 Å². The van der Waals surface area contributed by atoms with Crippen LogP contribution in [-0.2, 0) is 17.9 Å². The second-order valence-corrected chi connectivity index (χ2v) is 6.20. The molecular formula is C17H20N4O3. The van der Waals surface area contributed by atoms with Gasteiger partial charge in [-0.2, -0.15) is 0 Å². The summed E-state index contributed by atoms with van der Waals surface area (Å²) in [7, 11) is 0. The third kappa shape index (κ3) is 2.50. The maximum Gasteiger partial charge on any atom is 0.230 e. The molecule has 1 aromatic heterocycles. The molecule has 3 heterocycles. The molecule has 2 aliphatic rings. The van der Waals surface area contributed by atoms with Crippen LogP contribution in [0, 0.1) is 6.92 Å². The van der Waals surface area contributed by atoms with Gasteiger partial charge in [0.15, 0.2) is 17.3 Å². The minimum absolute atomic E-state index is 0.0959. The predicted octanol–water partition coefficient (Wildman–Crippen LogP) is 1.50. The molecule has 7 nitrogen and oxygen atoms in total. The van der Waals surface area contributed by atoms with Crippen molar-refractivity contribution in [1.29, 1.82) is 0 Å². The molecule has 0 radical (unpaired) electrons. The molecule has 0 aliphatic carbocycles. The Morgan fingerprint density at radius 1 is 1.17 bits per heavy atom. The molecule has 1 aromatic carbocycles. The minimum Gasteiger partial charge on any atom is -0.486 e. The monoisotopic (exact) mass is 328 g/mol. The Balaban J connectivity index is 1.52. The van der Waals surface area contributed by atoms with Gasteiger partial charge in [0.25, 0.3) is 0 Å². The van der Waals surface area contributed by atoms with Gasteiger partial charge in [0.1, 0.15) is 19.0 Å². The SMILES string of the molecule is Cc1nnc2n1CCN(C(=O)[C@H](C)c1ccc3c(c1)OCCO3)C2. The lowest BCUT2D eigenvalue weighted by atomic mass is 9.98. The van der Waals surface area contributed by atoms with Crippen LogP contribution in [0.1, 0.15) is 30.1 Å². The minimum atomic E-state index is -0.239. The number of carbonyl (C=O) groups excluding carboxylic acids is 1. The molecule has 1 atom stereocenters. The van der Waals surface area contributed by atoms with E-state index in [4.69, 9.17) is 9.47 Å². The van der Waals surface area contributed by atoms with Gasteiger partial charge in [0.2, 0.25) is 5.91 Å². The number of rotatable bonds is 2. The van der Waals surface area contributed by atoms with Gasteiger partial charge >= 0.3 is 0 Å². The Bertz CT molecular complexity index is 786. The smallest absolute Gasteiger partial charge is 0.230 e. The number of amides is 1. The first-order chi connectivity index (χ1) is 11.6. The van der Waals surface area contributed by atoms with Crippen LogP contribution in [0.4, 0.5) is 0 Å². The maximum absolute atomic E-state index is 12.9. The number of nitrogens with zero attached hydrogens (tertiary/aromatic N) is 4. The van der Waals surface area contributed by atoms with Crippen molar-refractivity contribution in [1.82, 2.24) is 19.7 Å². The highest BCUT2D eigenvalue weighted by molar-refractivity contribution is 5.83. The Morgan fingerprint density at radius 3 is 2.79 bits per heavy atom. The average molecular weight is 328 g/mol. The second-order valence-electron chi connectivity index (χ2n) is 6.20. The molecule has 0 unspecified atom stereocenters. The molecule has 0 fully saturated rings. The summed E-state index contributed by atoms with van der Waals surface area (Å²) >= 11 is 0. The molecule has 1 amide bonds. The fourth-order valence-corrected chi connectivity index (χ4v) is 3.24. The molecule has 4 rings (SSSR count). The number of fused-ring (bicyclic) bond motifs is 2. The highest BCUT2D eigenvalue weighted by Crippen LogP contribution is 2.33. The number of aromatic nitrogens is 3. The molecule has 0 spiro atoms. The molecule has 0 bridgehead atoms. The number of ether oxygens (including phenoxy) is 2. The van der Waals surface area contributed by atoms with E-state index < -0.39 is 0 Å². The van der Waals surface area contributed by atoms with Crippen LogP contribution in [0.5, 0.6) is 11.5 Å². The van der Waals surface area contributed by atoms with E-state index in [0.717, 1.165) is 29.5 Å². The van der Waals surface area contributed by atoms with Crippen molar-refractivity contribution < 1.29 is 14.3 Å². The molecule has 2 aromatic rings. The van der Waals surface area contributed by atoms with Crippen molar-refractivity contribution in [2.24, 2.45) is 0 Å². The Kier molecular flexibility index (Phi) is 3.63. The summed E-state index contributed by atoms with van der Waals surface area (Å²) in [6.07, 6.45) is 0. The molecule has 2 aliphatic heterocycles. The largest absolute Gasteiger partial charge is 0.486 e. The normalized spacial score (nSPS) is 17.3. The molecular weight excluding hydrogens is 308 g/mol. The Morgan fingerprint density at radius 2 is 1.96 bits per heavy atom. The Labute approximate surface area is 140 Å². The maximum atomic E-state index is 12.9. The van der Waals surface area contributed by atoms with Gasteiger partial charge in [-0.15, -0.1) is 10.2 Å². The van der Waals surface area contributed by atoms with Gasteiger partial charge in [0, 0.05) is 13.1 Å². The summed E-state index contributed by atoms with van der Waals surface area (Å²) in [5, 5.41) is 8.25. The lowest BCUT2D eigenvalue weighted by Crippen LogP contribution is -2.40. The molecule has 0 N–H and O–H groups in total. The predicted molar refractivity (Wildman–Crippen MR) is 86.0 cm³/mol. The van der Waals surface area contributed by atoms with Gasteiger partial charge in [0.05, 0.1) is 12.5 Å². The van der Waals surface area contributed by atoms with Crippen LogP contribution in [0.3, 0.4) is 0 Å². The van der Waals surface area contributed by atoms with Crippen LogP contribution in [-0.4, -0.2) is 45.3 Å². The van der Waals surface area contributed by atoms with Gasteiger partial charge in [-0.05, 0) is 31.5 Å². The summed E-state index contributed by atoms with van der Waals surface area (Å²) < 4.78 is 13.2. The van der Waals surface area contributed by atoms with Crippen molar-refractivity contribution in [3.8, 4) is 11.5 Å². The summed E-state index contributed by atoms with van der Waals surface area (Å²) in [6.45, 7) is 6.90. The first-order valence-corrected chi connectivity index (χ1v) is 8.20. The van der Waals surface area contributed by atoms with Crippen LogP contribution in [0.15, 0.2) is 18.2 Å². The van der Waals surface area contributed by atoms with E-state index in [1.807, 2.05) is 36.9 Å². The van der Waals surface area contributed by atoms with Gasteiger partial charge in [-0.25, -0.2) is 0 Å². The van der Waals surface area contributed by atoms with Crippen LogP contribution >= 0.6 is 0 Å². The van der Waals surface area contributed by atoms with E-state index in [1.165, 1.54) is 0 Å². The lowest BCUT2D eigenvalue weighted by Gasteiger charge is -2.30. The van der Waals surface area contributed by atoms with Crippen molar-refractivity contribution in [3.05, 3.63) is 35.4 Å². The van der Waals surface area contributed by atoms with Gasteiger partial charge < -0.3 is 18.9 Å². The summed E-state index contributed by atoms with van der Waals surface area (Å²) in [5.74, 6) is 3.06. The van der Waals surface area contributed by atoms with E-state index in [-0.39, 0.29) is 11.8 Å². The van der Waals surface area contributed by atoms with Crippen LogP contribution < -0.4 is 9.47 Å². The highest BCUT2D eigenvalue weighted by Gasteiger charge is 2.28. The Hall–Kier alpha value is -2.57. The highest BCUT2D eigenvalue weighted by atomic mass is 16.6. The van der Waals surface area contributed by atoms with E-state index in [0.29, 0.717) is 32.1 Å². The fourth-order valence-electron chi connectivity index (χ4n) is 3.24. The standard InChI is InChI=1S/C17H20N4O3/c1-11(13-3-4-14-15(9-13)24-8-7-23-14)17(22)20-5-6-21-12(2)18-19-16(21)10-20/h3-4,9,11H,5-8,10H2,1-2H3/t11-/m1/s1. The van der Waals surface area contributed by atoms with Crippen LogP contribution in [0.2, 0.25) is 0 Å². The second kappa shape index (κ2) is 5.81. The zero-order valence-corrected chi connectivity index (χ0v) is 13.9. The van der Waals surface area contributed by atoms with Crippen molar-refractivity contribution in [3.63, 3.8) is 0 Å². The summed E-state index contributed by atoms with van der Waals surface area (Å²) in [6, 6.07) is 5.73. The lowest BCUT2D eigenvalue weighted by molar-refractivity contribution is -0.134. The topological polar surface area (TPSA) is 69.5 Å². The van der Waals surface area contributed by atoms with Gasteiger partial charge in [-0.1, -0.05) is 6.07 Å². The van der Waals surface area contributed by atoms with E-state index >= 15 is 0 Å². The quantitative estimate of drug-likeness (QED) is 0.836. The number of aryl methyl sites for hydroxylation is 1. The number of benzene rings is 1. The zero-order valence-electron chi connectivity index (χ0n) is 13.9. The molecule has 0 saturated carbocycles. The fraction of sp³-hybridized carbons (Fsp3) is 0.471. The third-order valence-corrected chi connectivity index (χ3v) is 4.69. The molecule has 0 saturated heterocycles. The zero-order chi connectivity index (χ0) is 16.7. The van der Waals surface area contributed by atoms with E-state index in [9.17, 15) is 4.79 Å². The number of hydrogen-bond donors (Lipinski definition) is 0. The molecule has 7 heteroatoms. The summed E-state index contributed by atoms with van der Waals surface area (Å²) in [4.78, 5) is 14.7. The molecule has 126 valence electrons. The third-order valence-electron chi connectivity index (χ3n) is 4.69. The van der Waals surface area contributed by atoms with Crippen molar-refractivity contribution in [2.75, 3.05) is 19.8 Å². The molecule has 24 heavy (non-hydrogen) atoms.